The number of aryl methyl sites for hydroxylation is 1. The normalized spacial score (nSPS) is 10.7. The maximum Gasteiger partial charge on any atom is 0.253 e. The number of anilines is 1. The largest absolute Gasteiger partial charge is 0.377 e. The minimum absolute atomic E-state index is 0.218. The van der Waals surface area contributed by atoms with Crippen molar-refractivity contribution in [2.24, 2.45) is 0 Å². The van der Waals surface area contributed by atoms with Gasteiger partial charge in [-0.3, -0.25) is 4.79 Å². The van der Waals surface area contributed by atoms with Crippen molar-refractivity contribution in [1.82, 2.24) is 9.97 Å². The molecule has 0 radical (unpaired) electrons. The van der Waals surface area contributed by atoms with E-state index in [0.717, 1.165) is 5.56 Å². The molecule has 6 heteroatoms. The van der Waals surface area contributed by atoms with Crippen molar-refractivity contribution >= 4 is 5.82 Å². The van der Waals surface area contributed by atoms with Gasteiger partial charge in [-0.2, -0.15) is 0 Å². The van der Waals surface area contributed by atoms with Crippen molar-refractivity contribution in [2.75, 3.05) is 19.1 Å². The number of nitrogens with zero attached hydrogens (tertiary/aromatic N) is 2. The summed E-state index contributed by atoms with van der Waals surface area (Å²) in [6.45, 7) is 2.46. The highest BCUT2D eigenvalue weighted by molar-refractivity contribution is 5.38. The Bertz CT molecular complexity index is 685. The van der Waals surface area contributed by atoms with E-state index in [1.807, 2.05) is 6.92 Å². The molecule has 0 aliphatic rings. The molecule has 2 aromatic rings. The quantitative estimate of drug-likeness (QED) is 0.915. The fourth-order valence-electron chi connectivity index (χ4n) is 2.06. The molecule has 21 heavy (non-hydrogen) atoms. The van der Waals surface area contributed by atoms with Gasteiger partial charge in [0.1, 0.15) is 24.1 Å². The molecule has 0 spiro atoms. The van der Waals surface area contributed by atoms with Crippen LogP contribution in [0.1, 0.15) is 17.0 Å². The summed E-state index contributed by atoms with van der Waals surface area (Å²) in [6, 6.07) is 6.34. The molecule has 1 heterocycles. The van der Waals surface area contributed by atoms with Gasteiger partial charge in [0.25, 0.3) is 5.56 Å². The molecule has 0 aliphatic carbocycles. The second-order valence-corrected chi connectivity index (χ2v) is 4.93. The second-order valence-electron chi connectivity index (χ2n) is 4.93. The first-order valence-electron chi connectivity index (χ1n) is 6.55. The molecule has 0 aliphatic heterocycles. The molecular weight excluding hydrogens is 273 g/mol. The van der Waals surface area contributed by atoms with Crippen LogP contribution in [0.5, 0.6) is 0 Å². The average Bonchev–Trinajstić information content (AvgIpc) is 2.42. The fraction of sp³-hybridized carbons (Fsp3) is 0.333. The molecule has 112 valence electrons. The zero-order valence-corrected chi connectivity index (χ0v) is 12.3. The van der Waals surface area contributed by atoms with Crippen LogP contribution in [-0.2, 0) is 17.9 Å². The van der Waals surface area contributed by atoms with Crippen molar-refractivity contribution in [3.8, 4) is 0 Å². The van der Waals surface area contributed by atoms with Gasteiger partial charge in [0.2, 0.25) is 0 Å². The molecule has 0 saturated heterocycles. The van der Waals surface area contributed by atoms with E-state index in [1.165, 1.54) is 19.2 Å². The number of aromatic nitrogens is 2. The SMILES string of the molecule is COCc1nc(N(C)Cc2cc(C)ccc2F)cc(=O)[nH]1. The van der Waals surface area contributed by atoms with Gasteiger partial charge in [0.15, 0.2) is 0 Å². The number of aromatic amines is 1. The van der Waals surface area contributed by atoms with Crippen molar-refractivity contribution in [3.05, 3.63) is 57.4 Å². The Kier molecular flexibility index (Phi) is 4.70. The lowest BCUT2D eigenvalue weighted by molar-refractivity contribution is 0.177. The Hall–Kier alpha value is -2.21. The van der Waals surface area contributed by atoms with Crippen LogP contribution >= 0.6 is 0 Å². The van der Waals surface area contributed by atoms with Gasteiger partial charge in [-0.1, -0.05) is 17.7 Å². The third kappa shape index (κ3) is 3.88. The van der Waals surface area contributed by atoms with Crippen LogP contribution in [0.25, 0.3) is 0 Å². The number of hydrogen-bond donors (Lipinski definition) is 1. The van der Waals surface area contributed by atoms with E-state index in [4.69, 9.17) is 4.74 Å². The predicted octanol–water partition coefficient (Wildman–Crippen LogP) is 2.00. The summed E-state index contributed by atoms with van der Waals surface area (Å²) in [7, 11) is 3.29. The standard InChI is InChI=1S/C15H18FN3O2/c1-10-4-5-12(16)11(6-10)8-19(2)14-7-15(20)18-13(17-14)9-21-3/h4-7H,8-9H2,1-3H3,(H,17,18,20). The highest BCUT2D eigenvalue weighted by atomic mass is 19.1. The third-order valence-electron chi connectivity index (χ3n) is 3.06. The molecule has 1 aromatic carbocycles. The van der Waals surface area contributed by atoms with Crippen molar-refractivity contribution in [3.63, 3.8) is 0 Å². The molecule has 0 bridgehead atoms. The fourth-order valence-corrected chi connectivity index (χ4v) is 2.06. The summed E-state index contributed by atoms with van der Waals surface area (Å²) < 4.78 is 18.7. The molecule has 2 rings (SSSR count). The minimum atomic E-state index is -0.269. The van der Waals surface area contributed by atoms with E-state index in [0.29, 0.717) is 23.8 Å². The lowest BCUT2D eigenvalue weighted by Gasteiger charge is -2.19. The summed E-state index contributed by atoms with van der Waals surface area (Å²) in [5, 5.41) is 0. The summed E-state index contributed by atoms with van der Waals surface area (Å²) in [5.74, 6) is 0.651. The number of hydrogen-bond acceptors (Lipinski definition) is 4. The second kappa shape index (κ2) is 6.49. The van der Waals surface area contributed by atoms with E-state index >= 15 is 0 Å². The van der Waals surface area contributed by atoms with Gasteiger partial charge in [0, 0.05) is 32.3 Å². The number of benzene rings is 1. The molecular formula is C15H18FN3O2. The van der Waals surface area contributed by atoms with Crippen LogP contribution in [0.4, 0.5) is 10.2 Å². The van der Waals surface area contributed by atoms with Gasteiger partial charge >= 0.3 is 0 Å². The summed E-state index contributed by atoms with van der Waals surface area (Å²) in [5.41, 5.74) is 1.29. The van der Waals surface area contributed by atoms with E-state index in [-0.39, 0.29) is 18.0 Å². The Balaban J connectivity index is 2.25. The highest BCUT2D eigenvalue weighted by Gasteiger charge is 2.10. The maximum absolute atomic E-state index is 13.8. The van der Waals surface area contributed by atoms with Gasteiger partial charge < -0.3 is 14.6 Å². The van der Waals surface area contributed by atoms with Crippen molar-refractivity contribution < 1.29 is 9.13 Å². The van der Waals surface area contributed by atoms with Crippen molar-refractivity contribution in [1.29, 1.82) is 0 Å². The van der Waals surface area contributed by atoms with Gasteiger partial charge in [0.05, 0.1) is 0 Å². The maximum atomic E-state index is 13.8. The number of methoxy groups -OCH3 is 1. The number of rotatable bonds is 5. The van der Waals surface area contributed by atoms with E-state index in [2.05, 4.69) is 9.97 Å². The molecule has 1 N–H and O–H groups in total. The highest BCUT2D eigenvalue weighted by Crippen LogP contribution is 2.15. The molecule has 1 aromatic heterocycles. The van der Waals surface area contributed by atoms with Crippen LogP contribution < -0.4 is 10.5 Å². The van der Waals surface area contributed by atoms with Crippen LogP contribution in [0.3, 0.4) is 0 Å². The summed E-state index contributed by atoms with van der Waals surface area (Å²) >= 11 is 0. The minimum Gasteiger partial charge on any atom is -0.377 e. The molecule has 0 amide bonds. The average molecular weight is 291 g/mol. The van der Waals surface area contributed by atoms with E-state index in [1.54, 1.807) is 24.1 Å². The first-order chi connectivity index (χ1) is 9.99. The van der Waals surface area contributed by atoms with Gasteiger partial charge in [-0.15, -0.1) is 0 Å². The monoisotopic (exact) mass is 291 g/mol. The summed E-state index contributed by atoms with van der Waals surface area (Å²) in [4.78, 5) is 20.2. The zero-order chi connectivity index (χ0) is 15.4. The zero-order valence-electron chi connectivity index (χ0n) is 12.3. The molecule has 0 fully saturated rings. The van der Waals surface area contributed by atoms with E-state index < -0.39 is 0 Å². The summed E-state index contributed by atoms with van der Waals surface area (Å²) in [6.07, 6.45) is 0. The van der Waals surface area contributed by atoms with Gasteiger partial charge in [-0.25, -0.2) is 9.37 Å². The van der Waals surface area contributed by atoms with Crippen LogP contribution in [0, 0.1) is 12.7 Å². The third-order valence-corrected chi connectivity index (χ3v) is 3.06. The van der Waals surface area contributed by atoms with E-state index in [9.17, 15) is 9.18 Å². The van der Waals surface area contributed by atoms with Crippen molar-refractivity contribution in [2.45, 2.75) is 20.1 Å². The Morgan fingerprint density at radius 1 is 1.38 bits per heavy atom. The molecule has 5 nitrogen and oxygen atoms in total. The number of halogens is 1. The lowest BCUT2D eigenvalue weighted by atomic mass is 10.1. The predicted molar refractivity (Wildman–Crippen MR) is 78.8 cm³/mol. The first kappa shape index (κ1) is 15.2. The van der Waals surface area contributed by atoms with Crippen LogP contribution in [-0.4, -0.2) is 24.1 Å². The Morgan fingerprint density at radius 2 is 2.14 bits per heavy atom. The van der Waals surface area contributed by atoms with Gasteiger partial charge in [-0.05, 0) is 13.0 Å². The number of H-pyrrole nitrogens is 1. The molecule has 0 unspecified atom stereocenters. The Labute approximate surface area is 122 Å². The molecule has 0 saturated carbocycles. The number of nitrogens with one attached hydrogen (secondary N) is 1. The van der Waals surface area contributed by atoms with Crippen LogP contribution in [0.15, 0.2) is 29.1 Å². The molecule has 0 atom stereocenters. The van der Waals surface area contributed by atoms with Crippen LogP contribution in [0.2, 0.25) is 0 Å². The lowest BCUT2D eigenvalue weighted by Crippen LogP contribution is -2.22. The Morgan fingerprint density at radius 3 is 2.86 bits per heavy atom. The first-order valence-corrected chi connectivity index (χ1v) is 6.55. The number of ether oxygens (including phenoxy) is 1. The topological polar surface area (TPSA) is 58.2 Å². The smallest absolute Gasteiger partial charge is 0.253 e.